The zero-order chi connectivity index (χ0) is 13.2. The van der Waals surface area contributed by atoms with Gasteiger partial charge in [-0.15, -0.1) is 10.2 Å². The van der Waals surface area contributed by atoms with Gasteiger partial charge in [0.05, 0.1) is 6.04 Å². The van der Waals surface area contributed by atoms with Crippen molar-refractivity contribution >= 4 is 0 Å². The van der Waals surface area contributed by atoms with Crippen molar-refractivity contribution in [3.05, 3.63) is 35.9 Å². The molecule has 0 aliphatic carbocycles. The van der Waals surface area contributed by atoms with Gasteiger partial charge in [-0.2, -0.15) is 0 Å². The molecule has 6 heteroatoms. The van der Waals surface area contributed by atoms with Crippen molar-refractivity contribution in [3.8, 4) is 11.5 Å². The van der Waals surface area contributed by atoms with E-state index in [1.807, 2.05) is 17.7 Å². The third-order valence-electron chi connectivity index (χ3n) is 3.32. The Hall–Kier alpha value is -2.08. The second-order valence-electron chi connectivity index (χ2n) is 4.65. The first-order valence-electron chi connectivity index (χ1n) is 6.26. The quantitative estimate of drug-likeness (QED) is 0.850. The number of ether oxygens (including phenoxy) is 1. The SMILES string of the molecule is Cn1cnnc1CCNC1COc2cc(O)ccc21. The number of hydrogen-bond donors (Lipinski definition) is 2. The fourth-order valence-electron chi connectivity index (χ4n) is 2.26. The summed E-state index contributed by atoms with van der Waals surface area (Å²) in [5, 5.41) is 20.7. The van der Waals surface area contributed by atoms with Crippen molar-refractivity contribution in [2.45, 2.75) is 12.5 Å². The number of rotatable bonds is 4. The molecule has 0 amide bonds. The van der Waals surface area contributed by atoms with E-state index in [2.05, 4.69) is 15.5 Å². The highest BCUT2D eigenvalue weighted by Gasteiger charge is 2.23. The number of nitrogens with one attached hydrogen (secondary N) is 1. The Bertz CT molecular complexity index is 582. The predicted octanol–water partition coefficient (Wildman–Crippen LogP) is 0.786. The lowest BCUT2D eigenvalue weighted by atomic mass is 10.1. The van der Waals surface area contributed by atoms with Crippen LogP contribution >= 0.6 is 0 Å². The molecule has 0 radical (unpaired) electrons. The van der Waals surface area contributed by atoms with Gasteiger partial charge in [0.2, 0.25) is 0 Å². The van der Waals surface area contributed by atoms with E-state index in [1.54, 1.807) is 18.5 Å². The van der Waals surface area contributed by atoms with E-state index in [4.69, 9.17) is 4.74 Å². The summed E-state index contributed by atoms with van der Waals surface area (Å²) in [4.78, 5) is 0. The minimum Gasteiger partial charge on any atom is -0.508 e. The highest BCUT2D eigenvalue weighted by molar-refractivity contribution is 5.44. The van der Waals surface area contributed by atoms with Crippen LogP contribution in [-0.4, -0.2) is 33.0 Å². The first-order chi connectivity index (χ1) is 9.24. The summed E-state index contributed by atoms with van der Waals surface area (Å²) in [5.41, 5.74) is 1.09. The molecule has 1 aliphatic heterocycles. The maximum Gasteiger partial charge on any atom is 0.133 e. The van der Waals surface area contributed by atoms with Crippen molar-refractivity contribution in [2.75, 3.05) is 13.2 Å². The van der Waals surface area contributed by atoms with E-state index in [1.165, 1.54) is 0 Å². The number of aromatic hydroxyl groups is 1. The van der Waals surface area contributed by atoms with Crippen LogP contribution in [0, 0.1) is 0 Å². The van der Waals surface area contributed by atoms with Crippen molar-refractivity contribution < 1.29 is 9.84 Å². The van der Waals surface area contributed by atoms with Crippen molar-refractivity contribution in [2.24, 2.45) is 7.05 Å². The van der Waals surface area contributed by atoms with Crippen LogP contribution in [0.1, 0.15) is 17.4 Å². The predicted molar refractivity (Wildman–Crippen MR) is 69.1 cm³/mol. The van der Waals surface area contributed by atoms with Gasteiger partial charge in [-0.25, -0.2) is 0 Å². The normalized spacial score (nSPS) is 17.2. The van der Waals surface area contributed by atoms with Gasteiger partial charge in [0, 0.05) is 31.6 Å². The molecular weight excluding hydrogens is 244 g/mol. The Kier molecular flexibility index (Phi) is 3.08. The molecule has 0 fully saturated rings. The Morgan fingerprint density at radius 3 is 3.21 bits per heavy atom. The van der Waals surface area contributed by atoms with E-state index < -0.39 is 0 Å². The third-order valence-corrected chi connectivity index (χ3v) is 3.32. The summed E-state index contributed by atoms with van der Waals surface area (Å²) < 4.78 is 7.46. The van der Waals surface area contributed by atoms with E-state index in [-0.39, 0.29) is 11.8 Å². The molecule has 100 valence electrons. The standard InChI is InChI=1S/C13H16N4O2/c1-17-8-15-16-13(17)4-5-14-11-7-19-12-6-9(18)2-3-10(11)12/h2-3,6,8,11,14,18H,4-5,7H2,1H3. The second kappa shape index (κ2) is 4.89. The number of benzene rings is 1. The van der Waals surface area contributed by atoms with Crippen LogP contribution in [0.15, 0.2) is 24.5 Å². The Morgan fingerprint density at radius 2 is 2.42 bits per heavy atom. The largest absolute Gasteiger partial charge is 0.508 e. The van der Waals surface area contributed by atoms with Crippen molar-refractivity contribution in [1.29, 1.82) is 0 Å². The number of phenols is 1. The summed E-state index contributed by atoms with van der Waals surface area (Å²) in [6.07, 6.45) is 2.52. The molecule has 2 aromatic rings. The number of phenolic OH excluding ortho intramolecular Hbond substituents is 1. The molecule has 1 unspecified atom stereocenters. The summed E-state index contributed by atoms with van der Waals surface area (Å²) in [6, 6.07) is 5.41. The molecular formula is C13H16N4O2. The lowest BCUT2D eigenvalue weighted by Gasteiger charge is -2.11. The molecule has 1 aromatic carbocycles. The third kappa shape index (κ3) is 2.39. The molecule has 0 bridgehead atoms. The first kappa shape index (κ1) is 12.0. The van der Waals surface area contributed by atoms with Crippen LogP contribution in [0.2, 0.25) is 0 Å². The molecule has 1 aliphatic rings. The molecule has 2 N–H and O–H groups in total. The first-order valence-corrected chi connectivity index (χ1v) is 6.26. The average Bonchev–Trinajstić information content (AvgIpc) is 2.97. The summed E-state index contributed by atoms with van der Waals surface area (Å²) in [6.45, 7) is 1.40. The maximum absolute atomic E-state index is 9.40. The van der Waals surface area contributed by atoms with Crippen LogP contribution < -0.4 is 10.1 Å². The van der Waals surface area contributed by atoms with Crippen LogP contribution in [0.25, 0.3) is 0 Å². The molecule has 0 saturated heterocycles. The number of hydrogen-bond acceptors (Lipinski definition) is 5. The van der Waals surface area contributed by atoms with Gasteiger partial charge in [-0.1, -0.05) is 0 Å². The van der Waals surface area contributed by atoms with Crippen LogP contribution in [0.4, 0.5) is 0 Å². The van der Waals surface area contributed by atoms with E-state index in [9.17, 15) is 5.11 Å². The van der Waals surface area contributed by atoms with Gasteiger partial charge < -0.3 is 19.7 Å². The van der Waals surface area contributed by atoms with Crippen molar-refractivity contribution in [1.82, 2.24) is 20.1 Å². The van der Waals surface area contributed by atoms with Gasteiger partial charge in [0.15, 0.2) is 0 Å². The zero-order valence-electron chi connectivity index (χ0n) is 10.7. The average molecular weight is 260 g/mol. The second-order valence-corrected chi connectivity index (χ2v) is 4.65. The fraction of sp³-hybridized carbons (Fsp3) is 0.385. The molecule has 19 heavy (non-hydrogen) atoms. The summed E-state index contributed by atoms with van der Waals surface area (Å²) >= 11 is 0. The summed E-state index contributed by atoms with van der Waals surface area (Å²) in [7, 11) is 1.94. The van der Waals surface area contributed by atoms with Gasteiger partial charge in [0.25, 0.3) is 0 Å². The summed E-state index contributed by atoms with van der Waals surface area (Å²) in [5.74, 6) is 1.95. The highest BCUT2D eigenvalue weighted by Crippen LogP contribution is 2.34. The van der Waals surface area contributed by atoms with Gasteiger partial charge in [-0.3, -0.25) is 0 Å². The van der Waals surface area contributed by atoms with E-state index in [0.29, 0.717) is 6.61 Å². The number of nitrogens with zero attached hydrogens (tertiary/aromatic N) is 3. The molecule has 0 spiro atoms. The zero-order valence-corrected chi connectivity index (χ0v) is 10.7. The number of aryl methyl sites for hydroxylation is 1. The molecule has 1 atom stereocenters. The lowest BCUT2D eigenvalue weighted by Crippen LogP contribution is -2.25. The Labute approximate surface area is 111 Å². The lowest BCUT2D eigenvalue weighted by molar-refractivity contribution is 0.310. The van der Waals surface area contributed by atoms with Crippen LogP contribution in [0.5, 0.6) is 11.5 Å². The number of aromatic nitrogens is 3. The highest BCUT2D eigenvalue weighted by atomic mass is 16.5. The van der Waals surface area contributed by atoms with E-state index >= 15 is 0 Å². The van der Waals surface area contributed by atoms with Gasteiger partial charge in [-0.05, 0) is 12.1 Å². The molecule has 3 rings (SSSR count). The Morgan fingerprint density at radius 1 is 1.53 bits per heavy atom. The topological polar surface area (TPSA) is 72.2 Å². The van der Waals surface area contributed by atoms with Crippen molar-refractivity contribution in [3.63, 3.8) is 0 Å². The Balaban J connectivity index is 1.60. The number of fused-ring (bicyclic) bond motifs is 1. The van der Waals surface area contributed by atoms with E-state index in [0.717, 1.165) is 30.1 Å². The van der Waals surface area contributed by atoms with Crippen LogP contribution in [0.3, 0.4) is 0 Å². The maximum atomic E-state index is 9.40. The molecule has 6 nitrogen and oxygen atoms in total. The minimum atomic E-state index is 0.170. The monoisotopic (exact) mass is 260 g/mol. The smallest absolute Gasteiger partial charge is 0.133 e. The van der Waals surface area contributed by atoms with Crippen LogP contribution in [-0.2, 0) is 13.5 Å². The van der Waals surface area contributed by atoms with Gasteiger partial charge in [0.1, 0.15) is 30.3 Å². The molecule has 1 aromatic heterocycles. The molecule has 2 heterocycles. The fourth-order valence-corrected chi connectivity index (χ4v) is 2.26. The van der Waals surface area contributed by atoms with Gasteiger partial charge >= 0.3 is 0 Å². The molecule has 0 saturated carbocycles. The minimum absolute atomic E-state index is 0.170.